The van der Waals surface area contributed by atoms with Crippen molar-refractivity contribution in [3.63, 3.8) is 0 Å². The zero-order valence-electron chi connectivity index (χ0n) is 10.2. The topological polar surface area (TPSA) is 78.4 Å². The first-order valence-corrected chi connectivity index (χ1v) is 5.94. The van der Waals surface area contributed by atoms with Crippen LogP contribution in [0.4, 0.5) is 5.69 Å². The molecule has 18 heavy (non-hydrogen) atoms. The van der Waals surface area contributed by atoms with Gasteiger partial charge in [0.25, 0.3) is 5.91 Å². The van der Waals surface area contributed by atoms with E-state index in [2.05, 4.69) is 10.6 Å². The Balaban J connectivity index is 2.09. The zero-order valence-corrected chi connectivity index (χ0v) is 10.2. The summed E-state index contributed by atoms with van der Waals surface area (Å²) in [6.45, 7) is 0. The highest BCUT2D eigenvalue weighted by Gasteiger charge is 2.24. The number of hydrogen-bond acceptors (Lipinski definition) is 3. The predicted molar refractivity (Wildman–Crippen MR) is 67.6 cm³/mol. The van der Waals surface area contributed by atoms with Crippen LogP contribution in [0, 0.1) is 0 Å². The van der Waals surface area contributed by atoms with Crippen LogP contribution in [-0.2, 0) is 22.4 Å². The van der Waals surface area contributed by atoms with E-state index >= 15 is 0 Å². The molecule has 0 saturated carbocycles. The van der Waals surface area contributed by atoms with E-state index in [0.717, 1.165) is 19.3 Å². The second-order valence-corrected chi connectivity index (χ2v) is 4.39. The molecule has 0 radical (unpaired) electrons. The van der Waals surface area contributed by atoms with Crippen molar-refractivity contribution in [2.24, 2.45) is 0 Å². The number of anilines is 1. The molecule has 0 bridgehead atoms. The maximum atomic E-state index is 11.7. The summed E-state index contributed by atoms with van der Waals surface area (Å²) < 4.78 is 0. The van der Waals surface area contributed by atoms with E-state index in [1.807, 2.05) is 18.2 Å². The van der Waals surface area contributed by atoms with Crippen molar-refractivity contribution >= 4 is 17.6 Å². The minimum absolute atomic E-state index is 0.553. The van der Waals surface area contributed by atoms with Gasteiger partial charge in [-0.2, -0.15) is 0 Å². The van der Waals surface area contributed by atoms with Gasteiger partial charge in [0.05, 0.1) is 0 Å². The number of carbonyl (C=O) groups excluding carboxylic acids is 1. The third-order valence-electron chi connectivity index (χ3n) is 3.16. The van der Waals surface area contributed by atoms with Gasteiger partial charge in [0.1, 0.15) is 0 Å². The van der Waals surface area contributed by atoms with Gasteiger partial charge in [-0.15, -0.1) is 0 Å². The molecular formula is C13H16N2O3. The van der Waals surface area contributed by atoms with E-state index in [0.29, 0.717) is 5.69 Å². The first-order valence-electron chi connectivity index (χ1n) is 5.94. The number of carboxylic acids is 1. The van der Waals surface area contributed by atoms with E-state index in [-0.39, 0.29) is 0 Å². The molecule has 1 atom stereocenters. The third kappa shape index (κ3) is 2.51. The Morgan fingerprint density at radius 2 is 2.00 bits per heavy atom. The smallest absolute Gasteiger partial charge is 0.330 e. The standard InChI is InChI=1S/C13H16N2O3/c1-14-11(13(17)18)12(16)15-10-6-5-8-3-2-4-9(8)7-10/h5-7,11,14H,2-4H2,1H3,(H,15,16)(H,17,18). The number of carboxylic acid groups (broad SMARTS) is 1. The van der Waals surface area contributed by atoms with Gasteiger partial charge < -0.3 is 10.4 Å². The van der Waals surface area contributed by atoms with Crippen molar-refractivity contribution < 1.29 is 14.7 Å². The molecule has 0 saturated heterocycles. The number of aliphatic carboxylic acids is 1. The number of aryl methyl sites for hydroxylation is 2. The van der Waals surface area contributed by atoms with Gasteiger partial charge in [-0.25, -0.2) is 4.79 Å². The van der Waals surface area contributed by atoms with Crippen molar-refractivity contribution in [2.75, 3.05) is 12.4 Å². The summed E-state index contributed by atoms with van der Waals surface area (Å²) in [6.07, 6.45) is 3.24. The van der Waals surface area contributed by atoms with Gasteiger partial charge in [0.2, 0.25) is 0 Å². The maximum absolute atomic E-state index is 11.7. The third-order valence-corrected chi connectivity index (χ3v) is 3.16. The van der Waals surface area contributed by atoms with Crippen LogP contribution in [0.15, 0.2) is 18.2 Å². The molecule has 1 aliphatic rings. The fourth-order valence-corrected chi connectivity index (χ4v) is 2.23. The predicted octanol–water partition coefficient (Wildman–Crippen LogP) is 0.786. The molecule has 5 nitrogen and oxygen atoms in total. The summed E-state index contributed by atoms with van der Waals surface area (Å²) in [4.78, 5) is 22.6. The van der Waals surface area contributed by atoms with E-state index in [1.165, 1.54) is 18.2 Å². The minimum Gasteiger partial charge on any atom is -0.480 e. The number of benzene rings is 1. The van der Waals surface area contributed by atoms with Gasteiger partial charge >= 0.3 is 5.97 Å². The zero-order chi connectivity index (χ0) is 13.1. The highest BCUT2D eigenvalue weighted by atomic mass is 16.4. The lowest BCUT2D eigenvalue weighted by Crippen LogP contribution is -2.44. The Bertz CT molecular complexity index is 485. The summed E-state index contributed by atoms with van der Waals surface area (Å²) in [5, 5.41) is 13.9. The van der Waals surface area contributed by atoms with Crippen molar-refractivity contribution in [1.29, 1.82) is 0 Å². The molecule has 1 aliphatic carbocycles. The van der Waals surface area contributed by atoms with Crippen molar-refractivity contribution in [1.82, 2.24) is 5.32 Å². The molecule has 3 N–H and O–H groups in total. The number of hydrogen-bond donors (Lipinski definition) is 3. The first-order chi connectivity index (χ1) is 8.61. The first kappa shape index (κ1) is 12.6. The van der Waals surface area contributed by atoms with Crippen LogP contribution in [-0.4, -0.2) is 30.1 Å². The number of likely N-dealkylation sites (N-methyl/N-ethyl adjacent to an activating group) is 1. The average molecular weight is 248 g/mol. The number of carbonyl (C=O) groups is 2. The molecule has 1 aromatic carbocycles. The van der Waals surface area contributed by atoms with E-state index in [4.69, 9.17) is 5.11 Å². The van der Waals surface area contributed by atoms with Gasteiger partial charge in [-0.1, -0.05) is 6.07 Å². The van der Waals surface area contributed by atoms with Gasteiger partial charge in [0.15, 0.2) is 6.04 Å². The number of amides is 1. The molecule has 1 unspecified atom stereocenters. The number of rotatable bonds is 4. The van der Waals surface area contributed by atoms with Crippen LogP contribution >= 0.6 is 0 Å². The highest BCUT2D eigenvalue weighted by Crippen LogP contribution is 2.24. The molecule has 0 heterocycles. The average Bonchev–Trinajstić information content (AvgIpc) is 2.76. The summed E-state index contributed by atoms with van der Waals surface area (Å²) in [5.41, 5.74) is 3.21. The second-order valence-electron chi connectivity index (χ2n) is 4.39. The molecule has 1 aromatic rings. The highest BCUT2D eigenvalue weighted by molar-refractivity contribution is 6.07. The van der Waals surface area contributed by atoms with Gasteiger partial charge in [0, 0.05) is 5.69 Å². The van der Waals surface area contributed by atoms with Crippen LogP contribution < -0.4 is 10.6 Å². The Kier molecular flexibility index (Phi) is 3.62. The normalized spacial score (nSPS) is 14.9. The summed E-state index contributed by atoms with van der Waals surface area (Å²) >= 11 is 0. The molecule has 1 amide bonds. The van der Waals surface area contributed by atoms with Gasteiger partial charge in [-0.05, 0) is 49.6 Å². The van der Waals surface area contributed by atoms with Crippen LogP contribution in [0.5, 0.6) is 0 Å². The molecule has 5 heteroatoms. The molecule has 0 spiro atoms. The van der Waals surface area contributed by atoms with E-state index in [1.54, 1.807) is 0 Å². The van der Waals surface area contributed by atoms with Crippen LogP contribution in [0.1, 0.15) is 17.5 Å². The largest absolute Gasteiger partial charge is 0.480 e. The maximum Gasteiger partial charge on any atom is 0.330 e. The van der Waals surface area contributed by atoms with Gasteiger partial charge in [-0.3, -0.25) is 10.1 Å². The summed E-state index contributed by atoms with van der Waals surface area (Å²) in [7, 11) is 1.45. The summed E-state index contributed by atoms with van der Waals surface area (Å²) in [5.74, 6) is -1.74. The number of nitrogens with one attached hydrogen (secondary N) is 2. The minimum atomic E-state index is -1.22. The fraction of sp³-hybridized carbons (Fsp3) is 0.385. The van der Waals surface area contributed by atoms with Crippen LogP contribution in [0.2, 0.25) is 0 Å². The van der Waals surface area contributed by atoms with Crippen molar-refractivity contribution in [3.05, 3.63) is 29.3 Å². The molecule has 0 aliphatic heterocycles. The Labute approximate surface area is 105 Å². The monoisotopic (exact) mass is 248 g/mol. The lowest BCUT2D eigenvalue weighted by molar-refractivity contribution is -0.142. The molecule has 0 fully saturated rings. The Morgan fingerprint density at radius 1 is 1.28 bits per heavy atom. The molecule has 96 valence electrons. The lowest BCUT2D eigenvalue weighted by atomic mass is 10.1. The van der Waals surface area contributed by atoms with Crippen LogP contribution in [0.25, 0.3) is 0 Å². The molecule has 0 aromatic heterocycles. The molecule has 2 rings (SSSR count). The Morgan fingerprint density at radius 3 is 2.67 bits per heavy atom. The van der Waals surface area contributed by atoms with E-state index in [9.17, 15) is 9.59 Å². The molecular weight excluding hydrogens is 232 g/mol. The second kappa shape index (κ2) is 5.18. The summed E-state index contributed by atoms with van der Waals surface area (Å²) in [6, 6.07) is 4.51. The number of fused-ring (bicyclic) bond motifs is 1. The van der Waals surface area contributed by atoms with Crippen molar-refractivity contribution in [3.8, 4) is 0 Å². The quantitative estimate of drug-likeness (QED) is 0.688. The van der Waals surface area contributed by atoms with E-state index < -0.39 is 17.9 Å². The Hall–Kier alpha value is -1.88. The lowest BCUT2D eigenvalue weighted by Gasteiger charge is -2.12. The van der Waals surface area contributed by atoms with Crippen molar-refractivity contribution in [2.45, 2.75) is 25.3 Å². The fourth-order valence-electron chi connectivity index (χ4n) is 2.23. The SMILES string of the molecule is CNC(C(=O)O)C(=O)Nc1ccc2c(c1)CCC2. The van der Waals surface area contributed by atoms with Crippen LogP contribution in [0.3, 0.4) is 0 Å².